The van der Waals surface area contributed by atoms with Crippen LogP contribution in [0.15, 0.2) is 18.2 Å². The molecule has 0 bridgehead atoms. The number of hydrogen-bond acceptors (Lipinski definition) is 3. The molecule has 2 N–H and O–H groups in total. The topological polar surface area (TPSA) is 55.6 Å². The Balaban J connectivity index is 2.23. The summed E-state index contributed by atoms with van der Waals surface area (Å²) < 4.78 is 5.70. The van der Waals surface area contributed by atoms with Crippen molar-refractivity contribution in [2.24, 2.45) is 11.7 Å². The number of piperidine rings is 1. The molecule has 4 heteroatoms. The summed E-state index contributed by atoms with van der Waals surface area (Å²) in [6.07, 6.45) is 2.07. The van der Waals surface area contributed by atoms with Crippen LogP contribution in [0.5, 0.6) is 5.75 Å². The van der Waals surface area contributed by atoms with Gasteiger partial charge in [0, 0.05) is 30.6 Å². The second kappa shape index (κ2) is 6.94. The third-order valence-corrected chi connectivity index (χ3v) is 4.07. The molecule has 1 fully saturated rings. The number of nitrogens with two attached hydrogens (primary N) is 1. The zero-order valence-corrected chi connectivity index (χ0v) is 13.3. The lowest BCUT2D eigenvalue weighted by Gasteiger charge is -2.31. The fraction of sp³-hybridized carbons (Fsp3) is 0.588. The Hall–Kier alpha value is -1.55. The lowest BCUT2D eigenvalue weighted by Crippen LogP contribution is -2.39. The summed E-state index contributed by atoms with van der Waals surface area (Å²) in [5.74, 6) is 1.23. The fourth-order valence-corrected chi connectivity index (χ4v) is 2.80. The van der Waals surface area contributed by atoms with Gasteiger partial charge in [-0.05, 0) is 44.4 Å². The first kappa shape index (κ1) is 15.8. The highest BCUT2D eigenvalue weighted by Crippen LogP contribution is 2.27. The zero-order chi connectivity index (χ0) is 15.4. The van der Waals surface area contributed by atoms with E-state index in [0.29, 0.717) is 13.2 Å². The first-order chi connectivity index (χ1) is 10.0. The van der Waals surface area contributed by atoms with Crippen LogP contribution in [-0.2, 0) is 11.3 Å². The van der Waals surface area contributed by atoms with Crippen LogP contribution in [0.25, 0.3) is 0 Å². The fourth-order valence-electron chi connectivity index (χ4n) is 2.80. The first-order valence-corrected chi connectivity index (χ1v) is 7.83. The van der Waals surface area contributed by atoms with Crippen LogP contribution in [0.3, 0.4) is 0 Å². The van der Waals surface area contributed by atoms with Crippen LogP contribution in [-0.4, -0.2) is 24.0 Å². The Morgan fingerprint density at radius 1 is 1.48 bits per heavy atom. The number of nitrogens with zero attached hydrogens (tertiary/aromatic N) is 1. The summed E-state index contributed by atoms with van der Waals surface area (Å²) >= 11 is 0. The van der Waals surface area contributed by atoms with E-state index in [9.17, 15) is 4.79 Å². The molecule has 116 valence electrons. The standard InChI is InChI=1S/C17H26N2O2/c1-4-21-16-8-7-14(13(3)18)10-15(16)11-19-9-5-6-12(2)17(19)20/h7-8,10,12-13H,4-6,9,11,18H2,1-3H3. The molecular weight excluding hydrogens is 264 g/mol. The van der Waals surface area contributed by atoms with Crippen molar-refractivity contribution in [3.63, 3.8) is 0 Å². The zero-order valence-electron chi connectivity index (χ0n) is 13.3. The van der Waals surface area contributed by atoms with Gasteiger partial charge in [0.2, 0.25) is 5.91 Å². The van der Waals surface area contributed by atoms with Crippen molar-refractivity contribution in [2.75, 3.05) is 13.2 Å². The van der Waals surface area contributed by atoms with Crippen molar-refractivity contribution < 1.29 is 9.53 Å². The van der Waals surface area contributed by atoms with E-state index in [1.807, 2.05) is 37.8 Å². The maximum atomic E-state index is 12.3. The first-order valence-electron chi connectivity index (χ1n) is 7.83. The molecule has 1 aromatic rings. The number of hydrogen-bond donors (Lipinski definition) is 1. The van der Waals surface area contributed by atoms with Crippen molar-refractivity contribution in [3.05, 3.63) is 29.3 Å². The predicted molar refractivity (Wildman–Crippen MR) is 84.0 cm³/mol. The van der Waals surface area contributed by atoms with Gasteiger partial charge in [-0.1, -0.05) is 13.0 Å². The third-order valence-electron chi connectivity index (χ3n) is 4.07. The minimum Gasteiger partial charge on any atom is -0.494 e. The lowest BCUT2D eigenvalue weighted by molar-refractivity contribution is -0.138. The van der Waals surface area contributed by atoms with Gasteiger partial charge in [0.05, 0.1) is 6.61 Å². The van der Waals surface area contributed by atoms with Crippen molar-refractivity contribution in [2.45, 2.75) is 46.2 Å². The molecule has 2 rings (SSSR count). The van der Waals surface area contributed by atoms with Crippen LogP contribution in [0, 0.1) is 5.92 Å². The number of carbonyl (C=O) groups is 1. The quantitative estimate of drug-likeness (QED) is 0.907. The minimum absolute atomic E-state index is 0.0181. The molecule has 2 atom stereocenters. The van der Waals surface area contributed by atoms with Gasteiger partial charge in [0.25, 0.3) is 0 Å². The maximum Gasteiger partial charge on any atom is 0.225 e. The Bertz CT molecular complexity index is 500. The van der Waals surface area contributed by atoms with Gasteiger partial charge >= 0.3 is 0 Å². The number of amides is 1. The molecule has 1 heterocycles. The molecule has 1 amide bonds. The number of ether oxygens (including phenoxy) is 1. The van der Waals surface area contributed by atoms with Crippen LogP contribution in [0.1, 0.15) is 50.8 Å². The van der Waals surface area contributed by atoms with Crippen LogP contribution < -0.4 is 10.5 Å². The maximum absolute atomic E-state index is 12.3. The Kier molecular flexibility index (Phi) is 5.23. The number of benzene rings is 1. The highest BCUT2D eigenvalue weighted by atomic mass is 16.5. The normalized spacial score (nSPS) is 20.5. The van der Waals surface area contributed by atoms with E-state index in [0.717, 1.165) is 36.3 Å². The van der Waals surface area contributed by atoms with Crippen molar-refractivity contribution >= 4 is 5.91 Å². The second-order valence-corrected chi connectivity index (χ2v) is 5.89. The molecule has 4 nitrogen and oxygen atoms in total. The van der Waals surface area contributed by atoms with Crippen LogP contribution in [0.2, 0.25) is 0 Å². The van der Waals surface area contributed by atoms with Gasteiger partial charge in [-0.3, -0.25) is 4.79 Å². The summed E-state index contributed by atoms with van der Waals surface area (Å²) in [6.45, 7) is 8.01. The number of rotatable bonds is 5. The predicted octanol–water partition coefficient (Wildman–Crippen LogP) is 2.86. The van der Waals surface area contributed by atoms with E-state index in [4.69, 9.17) is 10.5 Å². The molecule has 1 aromatic carbocycles. The third kappa shape index (κ3) is 3.76. The van der Waals surface area contributed by atoms with E-state index in [2.05, 4.69) is 6.07 Å². The van der Waals surface area contributed by atoms with Gasteiger partial charge in [-0.25, -0.2) is 0 Å². The average molecular weight is 290 g/mol. The van der Waals surface area contributed by atoms with E-state index >= 15 is 0 Å². The number of likely N-dealkylation sites (tertiary alicyclic amines) is 1. The second-order valence-electron chi connectivity index (χ2n) is 5.89. The minimum atomic E-state index is -0.0181. The average Bonchev–Trinajstić information content (AvgIpc) is 2.45. The van der Waals surface area contributed by atoms with Gasteiger partial charge in [-0.2, -0.15) is 0 Å². The Morgan fingerprint density at radius 2 is 2.24 bits per heavy atom. The highest BCUT2D eigenvalue weighted by Gasteiger charge is 2.25. The molecule has 1 saturated heterocycles. The summed E-state index contributed by atoms with van der Waals surface area (Å²) in [5, 5.41) is 0. The van der Waals surface area contributed by atoms with Gasteiger partial charge < -0.3 is 15.4 Å². The van der Waals surface area contributed by atoms with E-state index < -0.39 is 0 Å². The molecule has 2 unspecified atom stereocenters. The molecule has 0 aromatic heterocycles. The van der Waals surface area contributed by atoms with Crippen molar-refractivity contribution in [1.82, 2.24) is 4.90 Å². The SMILES string of the molecule is CCOc1ccc(C(C)N)cc1CN1CCCC(C)C1=O. The van der Waals surface area contributed by atoms with Crippen molar-refractivity contribution in [1.29, 1.82) is 0 Å². The van der Waals surface area contributed by atoms with E-state index in [1.54, 1.807) is 0 Å². The molecule has 0 spiro atoms. The van der Waals surface area contributed by atoms with Crippen molar-refractivity contribution in [3.8, 4) is 5.75 Å². The molecule has 1 aliphatic rings. The molecule has 1 aliphatic heterocycles. The summed E-state index contributed by atoms with van der Waals surface area (Å²) in [7, 11) is 0. The monoisotopic (exact) mass is 290 g/mol. The van der Waals surface area contributed by atoms with Crippen LogP contribution in [0.4, 0.5) is 0 Å². The van der Waals surface area contributed by atoms with Gasteiger partial charge in [0.1, 0.15) is 5.75 Å². The smallest absolute Gasteiger partial charge is 0.225 e. The summed E-state index contributed by atoms with van der Waals surface area (Å²) in [6, 6.07) is 6.02. The van der Waals surface area contributed by atoms with Crippen LogP contribution >= 0.6 is 0 Å². The van der Waals surface area contributed by atoms with Gasteiger partial charge in [0.15, 0.2) is 0 Å². The summed E-state index contributed by atoms with van der Waals surface area (Å²) in [4.78, 5) is 14.2. The molecular formula is C17H26N2O2. The molecule has 0 aliphatic carbocycles. The van der Waals surface area contributed by atoms with E-state index in [1.165, 1.54) is 0 Å². The van der Waals surface area contributed by atoms with E-state index in [-0.39, 0.29) is 17.9 Å². The molecule has 0 radical (unpaired) electrons. The highest BCUT2D eigenvalue weighted by molar-refractivity contribution is 5.79. The number of carbonyl (C=O) groups excluding carboxylic acids is 1. The Labute approximate surface area is 127 Å². The lowest BCUT2D eigenvalue weighted by atomic mass is 9.98. The largest absolute Gasteiger partial charge is 0.494 e. The molecule has 21 heavy (non-hydrogen) atoms. The van der Waals surface area contributed by atoms with Gasteiger partial charge in [-0.15, -0.1) is 0 Å². The molecule has 0 saturated carbocycles. The Morgan fingerprint density at radius 3 is 2.90 bits per heavy atom. The summed E-state index contributed by atoms with van der Waals surface area (Å²) in [5.41, 5.74) is 8.09.